The molecule has 0 spiro atoms. The maximum absolute atomic E-state index is 11.0. The maximum atomic E-state index is 11.0. The standard InChI is InChI=1S/C20H23NO3/c1-2-20(22)21-14-6-7-15-23-18-10-12-19(13-11-18)24-16-17-8-4-3-5-9-17/h2-5,8-13H,1,6-7,14-16H2,(H,21,22). The van der Waals surface area contributed by atoms with Crippen LogP contribution in [0.4, 0.5) is 0 Å². The van der Waals surface area contributed by atoms with E-state index in [0.717, 1.165) is 29.9 Å². The first kappa shape index (κ1) is 17.6. The van der Waals surface area contributed by atoms with E-state index in [1.807, 2.05) is 54.6 Å². The largest absolute Gasteiger partial charge is 0.494 e. The highest BCUT2D eigenvalue weighted by Crippen LogP contribution is 2.18. The minimum atomic E-state index is -0.137. The minimum Gasteiger partial charge on any atom is -0.494 e. The van der Waals surface area contributed by atoms with Crippen molar-refractivity contribution >= 4 is 5.91 Å². The summed E-state index contributed by atoms with van der Waals surface area (Å²) in [5.41, 5.74) is 1.14. The first-order chi connectivity index (χ1) is 11.8. The molecule has 1 amide bonds. The fraction of sp³-hybridized carbons (Fsp3) is 0.250. The molecule has 0 bridgehead atoms. The van der Waals surface area contributed by atoms with Crippen LogP contribution in [0.2, 0.25) is 0 Å². The van der Waals surface area contributed by atoms with Crippen LogP contribution in [0.1, 0.15) is 18.4 Å². The zero-order valence-corrected chi connectivity index (χ0v) is 13.7. The normalized spacial score (nSPS) is 10.0. The van der Waals surface area contributed by atoms with Crippen LogP contribution in [-0.2, 0) is 11.4 Å². The van der Waals surface area contributed by atoms with Crippen molar-refractivity contribution in [2.45, 2.75) is 19.4 Å². The number of hydrogen-bond donors (Lipinski definition) is 1. The van der Waals surface area contributed by atoms with E-state index >= 15 is 0 Å². The third-order valence-corrected chi connectivity index (χ3v) is 3.40. The van der Waals surface area contributed by atoms with Gasteiger partial charge in [0.25, 0.3) is 0 Å². The van der Waals surface area contributed by atoms with Crippen LogP contribution in [-0.4, -0.2) is 19.1 Å². The molecule has 24 heavy (non-hydrogen) atoms. The summed E-state index contributed by atoms with van der Waals surface area (Å²) in [7, 11) is 0. The Hall–Kier alpha value is -2.75. The van der Waals surface area contributed by atoms with Gasteiger partial charge in [0.2, 0.25) is 5.91 Å². The molecule has 2 aromatic carbocycles. The van der Waals surface area contributed by atoms with Gasteiger partial charge in [-0.3, -0.25) is 4.79 Å². The van der Waals surface area contributed by atoms with Crippen molar-refractivity contribution in [1.82, 2.24) is 5.32 Å². The number of carbonyl (C=O) groups is 1. The van der Waals surface area contributed by atoms with Gasteiger partial charge in [0.15, 0.2) is 0 Å². The second kappa shape index (κ2) is 10.1. The van der Waals surface area contributed by atoms with Gasteiger partial charge in [-0.25, -0.2) is 0 Å². The summed E-state index contributed by atoms with van der Waals surface area (Å²) in [4.78, 5) is 11.0. The third-order valence-electron chi connectivity index (χ3n) is 3.40. The molecule has 4 nitrogen and oxygen atoms in total. The Bertz CT molecular complexity index is 623. The lowest BCUT2D eigenvalue weighted by molar-refractivity contribution is -0.116. The Balaban J connectivity index is 1.63. The molecular formula is C20H23NO3. The van der Waals surface area contributed by atoms with E-state index in [4.69, 9.17) is 9.47 Å². The highest BCUT2D eigenvalue weighted by Gasteiger charge is 1.98. The van der Waals surface area contributed by atoms with Crippen molar-refractivity contribution in [3.63, 3.8) is 0 Å². The predicted molar refractivity (Wildman–Crippen MR) is 95.2 cm³/mol. The quantitative estimate of drug-likeness (QED) is 0.535. The molecule has 0 aliphatic rings. The summed E-state index contributed by atoms with van der Waals surface area (Å²) < 4.78 is 11.4. The molecule has 0 saturated heterocycles. The third kappa shape index (κ3) is 6.57. The number of amides is 1. The van der Waals surface area contributed by atoms with Gasteiger partial charge >= 0.3 is 0 Å². The van der Waals surface area contributed by atoms with E-state index in [2.05, 4.69) is 11.9 Å². The Morgan fingerprint density at radius 3 is 2.29 bits per heavy atom. The number of carbonyl (C=O) groups excluding carboxylic acids is 1. The van der Waals surface area contributed by atoms with Crippen LogP contribution in [0, 0.1) is 0 Å². The van der Waals surface area contributed by atoms with Gasteiger partial charge in [-0.15, -0.1) is 0 Å². The molecule has 0 aliphatic heterocycles. The summed E-state index contributed by atoms with van der Waals surface area (Å²) >= 11 is 0. The molecule has 0 aromatic heterocycles. The fourth-order valence-electron chi connectivity index (χ4n) is 2.07. The lowest BCUT2D eigenvalue weighted by Crippen LogP contribution is -2.22. The highest BCUT2D eigenvalue weighted by atomic mass is 16.5. The second-order valence-electron chi connectivity index (χ2n) is 5.30. The van der Waals surface area contributed by atoms with E-state index in [0.29, 0.717) is 19.8 Å². The van der Waals surface area contributed by atoms with E-state index in [9.17, 15) is 4.79 Å². The van der Waals surface area contributed by atoms with Gasteiger partial charge in [-0.2, -0.15) is 0 Å². The first-order valence-electron chi connectivity index (χ1n) is 8.08. The average molecular weight is 325 g/mol. The van der Waals surface area contributed by atoms with Crippen LogP contribution in [0.25, 0.3) is 0 Å². The molecule has 0 heterocycles. The summed E-state index contributed by atoms with van der Waals surface area (Å²) in [5.74, 6) is 1.50. The number of ether oxygens (including phenoxy) is 2. The Labute approximate surface area is 143 Å². The van der Waals surface area contributed by atoms with Gasteiger partial charge in [0.1, 0.15) is 18.1 Å². The Morgan fingerprint density at radius 2 is 1.62 bits per heavy atom. The van der Waals surface area contributed by atoms with Gasteiger partial charge in [-0.1, -0.05) is 36.9 Å². The molecule has 0 fully saturated rings. The number of benzene rings is 2. The number of rotatable bonds is 10. The van der Waals surface area contributed by atoms with Crippen molar-refractivity contribution in [2.24, 2.45) is 0 Å². The molecule has 0 saturated carbocycles. The van der Waals surface area contributed by atoms with Crippen molar-refractivity contribution in [3.05, 3.63) is 72.8 Å². The minimum absolute atomic E-state index is 0.137. The molecule has 0 radical (unpaired) electrons. The molecule has 2 rings (SSSR count). The van der Waals surface area contributed by atoms with E-state index in [1.165, 1.54) is 6.08 Å². The van der Waals surface area contributed by atoms with Crippen molar-refractivity contribution in [1.29, 1.82) is 0 Å². The van der Waals surface area contributed by atoms with Crippen LogP contribution < -0.4 is 14.8 Å². The number of hydrogen-bond acceptors (Lipinski definition) is 3. The second-order valence-corrected chi connectivity index (χ2v) is 5.30. The van der Waals surface area contributed by atoms with Gasteiger partial charge in [0, 0.05) is 6.54 Å². The van der Waals surface area contributed by atoms with Gasteiger partial charge < -0.3 is 14.8 Å². The molecule has 0 atom stereocenters. The lowest BCUT2D eigenvalue weighted by Gasteiger charge is -2.09. The highest BCUT2D eigenvalue weighted by molar-refractivity contribution is 5.86. The van der Waals surface area contributed by atoms with Crippen LogP contribution in [0.3, 0.4) is 0 Å². The summed E-state index contributed by atoms with van der Waals surface area (Å²) in [5, 5.41) is 2.74. The van der Waals surface area contributed by atoms with Crippen LogP contribution in [0.15, 0.2) is 67.3 Å². The van der Waals surface area contributed by atoms with Gasteiger partial charge in [0.05, 0.1) is 6.61 Å². The van der Waals surface area contributed by atoms with Crippen LogP contribution >= 0.6 is 0 Å². The molecule has 1 N–H and O–H groups in total. The van der Waals surface area contributed by atoms with Crippen molar-refractivity contribution in [2.75, 3.05) is 13.2 Å². The predicted octanol–water partition coefficient (Wildman–Crippen LogP) is 3.73. The molecule has 0 unspecified atom stereocenters. The summed E-state index contributed by atoms with van der Waals surface area (Å²) in [6.07, 6.45) is 3.03. The smallest absolute Gasteiger partial charge is 0.243 e. The fourth-order valence-corrected chi connectivity index (χ4v) is 2.07. The Kier molecular flexibility index (Phi) is 7.41. The van der Waals surface area contributed by atoms with E-state index in [-0.39, 0.29) is 5.91 Å². The monoisotopic (exact) mass is 325 g/mol. The SMILES string of the molecule is C=CC(=O)NCCCCOc1ccc(OCc2ccccc2)cc1. The molecule has 126 valence electrons. The first-order valence-corrected chi connectivity index (χ1v) is 8.08. The van der Waals surface area contributed by atoms with Gasteiger partial charge in [-0.05, 0) is 48.7 Å². The topological polar surface area (TPSA) is 47.6 Å². The maximum Gasteiger partial charge on any atom is 0.243 e. The molecular weight excluding hydrogens is 302 g/mol. The molecule has 4 heteroatoms. The summed E-state index contributed by atoms with van der Waals surface area (Å²) in [6.45, 7) is 5.22. The number of unbranched alkanes of at least 4 members (excludes halogenated alkanes) is 1. The van der Waals surface area contributed by atoms with E-state index in [1.54, 1.807) is 0 Å². The van der Waals surface area contributed by atoms with Crippen molar-refractivity contribution < 1.29 is 14.3 Å². The molecule has 2 aromatic rings. The summed E-state index contributed by atoms with van der Waals surface area (Å²) in [6, 6.07) is 17.7. The number of nitrogens with one attached hydrogen (secondary N) is 1. The average Bonchev–Trinajstić information content (AvgIpc) is 2.64. The zero-order chi connectivity index (χ0) is 17.0. The molecule has 0 aliphatic carbocycles. The zero-order valence-electron chi connectivity index (χ0n) is 13.7. The van der Waals surface area contributed by atoms with E-state index < -0.39 is 0 Å². The lowest BCUT2D eigenvalue weighted by atomic mass is 10.2. The Morgan fingerprint density at radius 1 is 0.958 bits per heavy atom. The van der Waals surface area contributed by atoms with Crippen molar-refractivity contribution in [3.8, 4) is 11.5 Å². The van der Waals surface area contributed by atoms with Crippen LogP contribution in [0.5, 0.6) is 11.5 Å².